The highest BCUT2D eigenvalue weighted by atomic mass is 32.2. The van der Waals surface area contributed by atoms with Crippen molar-refractivity contribution in [1.29, 1.82) is 0 Å². The van der Waals surface area contributed by atoms with Crippen LogP contribution in [0.25, 0.3) is 0 Å². The molecule has 1 heterocycles. The topological polar surface area (TPSA) is 78.5 Å². The Bertz CT molecular complexity index is 630. The highest BCUT2D eigenvalue weighted by Gasteiger charge is 2.24. The number of hydrogen-bond donors (Lipinski definition) is 2. The molecular formula is C15H19N3O3S. The number of nitrogens with zero attached hydrogens (tertiary/aromatic N) is 1. The third kappa shape index (κ3) is 3.41. The van der Waals surface area contributed by atoms with Gasteiger partial charge in [0.1, 0.15) is 6.04 Å². The first-order chi connectivity index (χ1) is 10.3. The molecule has 2 N–H and O–H groups in total. The minimum Gasteiger partial charge on any atom is -0.347 e. The van der Waals surface area contributed by atoms with Crippen molar-refractivity contribution in [3.63, 3.8) is 0 Å². The van der Waals surface area contributed by atoms with Crippen LogP contribution >= 0.6 is 11.8 Å². The summed E-state index contributed by atoms with van der Waals surface area (Å²) < 4.78 is 0. The zero-order valence-corrected chi connectivity index (χ0v) is 13.8. The summed E-state index contributed by atoms with van der Waals surface area (Å²) >= 11 is 1.46. The molecule has 2 rings (SSSR count). The van der Waals surface area contributed by atoms with Crippen molar-refractivity contribution < 1.29 is 14.4 Å². The maximum Gasteiger partial charge on any atom is 0.251 e. The summed E-state index contributed by atoms with van der Waals surface area (Å²) in [5.41, 5.74) is 1.04. The molecule has 3 amide bonds. The second kappa shape index (κ2) is 6.39. The normalized spacial score (nSPS) is 18.0. The summed E-state index contributed by atoms with van der Waals surface area (Å²) in [6, 6.07) is 4.53. The van der Waals surface area contributed by atoms with Gasteiger partial charge >= 0.3 is 0 Å². The van der Waals surface area contributed by atoms with Gasteiger partial charge in [-0.25, -0.2) is 0 Å². The quantitative estimate of drug-likeness (QED) is 0.880. The van der Waals surface area contributed by atoms with Crippen molar-refractivity contribution in [1.82, 2.24) is 10.2 Å². The van der Waals surface area contributed by atoms with Crippen LogP contribution in [0, 0.1) is 0 Å². The van der Waals surface area contributed by atoms with Crippen molar-refractivity contribution in [3.8, 4) is 0 Å². The molecule has 0 bridgehead atoms. The van der Waals surface area contributed by atoms with Crippen LogP contribution in [0.5, 0.6) is 0 Å². The predicted octanol–water partition coefficient (Wildman–Crippen LogP) is 1.33. The van der Waals surface area contributed by atoms with Crippen LogP contribution in [0.2, 0.25) is 0 Å². The lowest BCUT2D eigenvalue weighted by Gasteiger charge is -2.22. The number of amides is 3. The number of fused-ring (bicyclic) bond motifs is 1. The van der Waals surface area contributed by atoms with Gasteiger partial charge in [0.25, 0.3) is 5.91 Å². The monoisotopic (exact) mass is 321 g/mol. The minimum absolute atomic E-state index is 0.0776. The van der Waals surface area contributed by atoms with Gasteiger partial charge in [-0.1, -0.05) is 0 Å². The average Bonchev–Trinajstić information content (AvgIpc) is 2.46. The SMILES string of the molecule is CC(NC(=O)c1ccc2c(c1)NC(=O)C(C)S2)C(=O)N(C)C. The number of thioether (sulfide) groups is 1. The fourth-order valence-corrected chi connectivity index (χ4v) is 3.01. The van der Waals surface area contributed by atoms with E-state index < -0.39 is 6.04 Å². The summed E-state index contributed by atoms with van der Waals surface area (Å²) in [6.07, 6.45) is 0. The highest BCUT2D eigenvalue weighted by Crippen LogP contribution is 2.35. The van der Waals surface area contributed by atoms with Gasteiger partial charge in [0, 0.05) is 24.6 Å². The van der Waals surface area contributed by atoms with Crippen LogP contribution in [0.4, 0.5) is 5.69 Å². The van der Waals surface area contributed by atoms with Crippen molar-refractivity contribution in [2.24, 2.45) is 0 Å². The maximum absolute atomic E-state index is 12.2. The molecule has 0 saturated heterocycles. The Balaban J connectivity index is 2.13. The number of hydrogen-bond acceptors (Lipinski definition) is 4. The fraction of sp³-hybridized carbons (Fsp3) is 0.400. The lowest BCUT2D eigenvalue weighted by molar-refractivity contribution is -0.130. The number of nitrogens with one attached hydrogen (secondary N) is 2. The van der Waals surface area contributed by atoms with E-state index in [4.69, 9.17) is 0 Å². The second-order valence-corrected chi connectivity index (χ2v) is 6.77. The molecule has 6 nitrogen and oxygen atoms in total. The molecule has 7 heteroatoms. The van der Waals surface area contributed by atoms with E-state index in [2.05, 4.69) is 10.6 Å². The first kappa shape index (κ1) is 16.4. The smallest absolute Gasteiger partial charge is 0.251 e. The number of carbonyl (C=O) groups excluding carboxylic acids is 3. The van der Waals surface area contributed by atoms with Gasteiger partial charge in [0.15, 0.2) is 0 Å². The first-order valence-corrected chi connectivity index (χ1v) is 7.81. The first-order valence-electron chi connectivity index (χ1n) is 6.93. The third-order valence-electron chi connectivity index (χ3n) is 3.33. The zero-order chi connectivity index (χ0) is 16.4. The standard InChI is InChI=1S/C15H19N3O3S/c1-8(15(21)18(3)4)16-14(20)10-5-6-12-11(7-10)17-13(19)9(2)22-12/h5-9H,1-4H3,(H,16,20)(H,17,19). The van der Waals surface area contributed by atoms with Crippen molar-refractivity contribution in [2.75, 3.05) is 19.4 Å². The molecule has 0 aromatic heterocycles. The van der Waals surface area contributed by atoms with Gasteiger partial charge in [-0.2, -0.15) is 0 Å². The van der Waals surface area contributed by atoms with Gasteiger partial charge in [-0.3, -0.25) is 14.4 Å². The molecule has 1 aliphatic rings. The number of likely N-dealkylation sites (N-methyl/N-ethyl adjacent to an activating group) is 1. The largest absolute Gasteiger partial charge is 0.347 e. The van der Waals surface area contributed by atoms with Crippen molar-refractivity contribution >= 4 is 35.2 Å². The van der Waals surface area contributed by atoms with Crippen LogP contribution in [0.1, 0.15) is 24.2 Å². The molecule has 1 aliphatic heterocycles. The van der Waals surface area contributed by atoms with E-state index in [1.807, 2.05) is 13.0 Å². The van der Waals surface area contributed by atoms with Gasteiger partial charge in [0.05, 0.1) is 10.9 Å². The Labute approximate surface area is 133 Å². The zero-order valence-electron chi connectivity index (χ0n) is 13.0. The van der Waals surface area contributed by atoms with E-state index in [1.165, 1.54) is 16.7 Å². The van der Waals surface area contributed by atoms with Gasteiger partial charge in [-0.05, 0) is 32.0 Å². The van der Waals surface area contributed by atoms with Crippen LogP contribution in [-0.2, 0) is 9.59 Å². The molecule has 1 aromatic rings. The number of carbonyl (C=O) groups is 3. The number of rotatable bonds is 3. The summed E-state index contributed by atoms with van der Waals surface area (Å²) in [4.78, 5) is 38.0. The Kier molecular flexibility index (Phi) is 4.75. The van der Waals surface area contributed by atoms with E-state index in [9.17, 15) is 14.4 Å². The summed E-state index contributed by atoms with van der Waals surface area (Å²) in [6.45, 7) is 3.47. The second-order valence-electron chi connectivity index (χ2n) is 5.39. The van der Waals surface area contributed by atoms with Crippen molar-refractivity contribution in [2.45, 2.75) is 30.0 Å². The van der Waals surface area contributed by atoms with E-state index in [0.717, 1.165) is 4.90 Å². The molecular weight excluding hydrogens is 302 g/mol. The Morgan fingerprint density at radius 1 is 1.36 bits per heavy atom. The van der Waals surface area contributed by atoms with Crippen LogP contribution in [-0.4, -0.2) is 48.0 Å². The van der Waals surface area contributed by atoms with Gasteiger partial charge in [-0.15, -0.1) is 11.8 Å². The Morgan fingerprint density at radius 2 is 2.05 bits per heavy atom. The molecule has 0 saturated carbocycles. The molecule has 2 atom stereocenters. The fourth-order valence-electron chi connectivity index (χ4n) is 2.08. The average molecular weight is 321 g/mol. The molecule has 0 fully saturated rings. The molecule has 1 aromatic carbocycles. The molecule has 0 radical (unpaired) electrons. The van der Waals surface area contributed by atoms with Crippen LogP contribution < -0.4 is 10.6 Å². The third-order valence-corrected chi connectivity index (χ3v) is 4.51. The molecule has 0 spiro atoms. The van der Waals surface area contributed by atoms with Gasteiger partial charge in [0.2, 0.25) is 11.8 Å². The van der Waals surface area contributed by atoms with Crippen LogP contribution in [0.15, 0.2) is 23.1 Å². The summed E-state index contributed by atoms with van der Waals surface area (Å²) in [5.74, 6) is -0.599. The molecule has 118 valence electrons. The number of anilines is 1. The maximum atomic E-state index is 12.2. The summed E-state index contributed by atoms with van der Waals surface area (Å²) in [5, 5.41) is 5.29. The highest BCUT2D eigenvalue weighted by molar-refractivity contribution is 8.00. The van der Waals surface area contributed by atoms with Crippen LogP contribution in [0.3, 0.4) is 0 Å². The minimum atomic E-state index is -0.609. The van der Waals surface area contributed by atoms with E-state index in [0.29, 0.717) is 11.3 Å². The van der Waals surface area contributed by atoms with E-state index in [-0.39, 0.29) is 23.0 Å². The molecule has 2 unspecified atom stereocenters. The van der Waals surface area contributed by atoms with E-state index >= 15 is 0 Å². The van der Waals surface area contributed by atoms with Gasteiger partial charge < -0.3 is 15.5 Å². The number of benzene rings is 1. The predicted molar refractivity (Wildman–Crippen MR) is 86.0 cm³/mol. The van der Waals surface area contributed by atoms with Crippen molar-refractivity contribution in [3.05, 3.63) is 23.8 Å². The Morgan fingerprint density at radius 3 is 2.68 bits per heavy atom. The molecule has 0 aliphatic carbocycles. The lowest BCUT2D eigenvalue weighted by atomic mass is 10.1. The Hall–Kier alpha value is -2.02. The molecule has 22 heavy (non-hydrogen) atoms. The summed E-state index contributed by atoms with van der Waals surface area (Å²) in [7, 11) is 3.27. The lowest BCUT2D eigenvalue weighted by Crippen LogP contribution is -2.44. The van der Waals surface area contributed by atoms with E-state index in [1.54, 1.807) is 33.2 Å².